The Hall–Kier alpha value is -4.01. The zero-order valence-corrected chi connectivity index (χ0v) is 23.0. The molecule has 0 saturated heterocycles. The molecule has 1 heterocycles. The summed E-state index contributed by atoms with van der Waals surface area (Å²) in [5, 5.41) is 13.8. The van der Waals surface area contributed by atoms with Gasteiger partial charge in [0, 0.05) is 15.7 Å². The largest absolute Gasteiger partial charge is 0.272 e. The minimum atomic E-state index is -0.219. The van der Waals surface area contributed by atoms with Crippen LogP contribution in [0.2, 0.25) is 0 Å². The number of hydrazone groups is 1. The molecule has 0 aliphatic heterocycles. The lowest BCUT2D eigenvalue weighted by Crippen LogP contribution is -2.21. The lowest BCUT2D eigenvalue weighted by Gasteiger charge is -2.10. The van der Waals surface area contributed by atoms with Gasteiger partial charge in [-0.15, -0.1) is 10.2 Å². The molecular weight excluding hydrogens is 558 g/mol. The highest BCUT2D eigenvalue weighted by atomic mass is 79.9. The Kier molecular flexibility index (Phi) is 8.11. The molecule has 5 rings (SSSR count). The molecule has 6 nitrogen and oxygen atoms in total. The van der Waals surface area contributed by atoms with Crippen LogP contribution in [0, 0.1) is 0 Å². The fraction of sp³-hybridized carbons (Fsp3) is 0.0667. The highest BCUT2D eigenvalue weighted by molar-refractivity contribution is 9.10. The van der Waals surface area contributed by atoms with Crippen LogP contribution in [0.25, 0.3) is 28.2 Å². The number of amides is 1. The van der Waals surface area contributed by atoms with Crippen LogP contribution in [0.15, 0.2) is 124 Å². The van der Waals surface area contributed by atoms with Crippen molar-refractivity contribution in [2.45, 2.75) is 12.1 Å². The van der Waals surface area contributed by atoms with Crippen molar-refractivity contribution >= 4 is 39.3 Å². The van der Waals surface area contributed by atoms with Crippen LogP contribution in [0.3, 0.4) is 0 Å². The highest BCUT2D eigenvalue weighted by Crippen LogP contribution is 2.28. The molecule has 4 aromatic carbocycles. The number of thioether (sulfide) groups is 1. The number of carbonyl (C=O) groups is 1. The third-order valence-corrected chi connectivity index (χ3v) is 7.30. The fourth-order valence-electron chi connectivity index (χ4n) is 3.87. The number of halogens is 1. The maximum Gasteiger partial charge on any atom is 0.250 e. The van der Waals surface area contributed by atoms with Gasteiger partial charge in [-0.2, -0.15) is 5.10 Å². The summed E-state index contributed by atoms with van der Waals surface area (Å²) in [4.78, 5) is 12.7. The summed E-state index contributed by atoms with van der Waals surface area (Å²) in [5.74, 6) is 0.636. The molecule has 0 radical (unpaired) electrons. The quantitative estimate of drug-likeness (QED) is 0.122. The Balaban J connectivity index is 1.27. The molecule has 0 fully saturated rings. The molecule has 0 spiro atoms. The minimum absolute atomic E-state index is 0.148. The number of rotatable bonds is 8. The highest BCUT2D eigenvalue weighted by Gasteiger charge is 2.17. The first-order valence-corrected chi connectivity index (χ1v) is 13.7. The van der Waals surface area contributed by atoms with E-state index in [-0.39, 0.29) is 11.7 Å². The maximum atomic E-state index is 12.7. The lowest BCUT2D eigenvalue weighted by molar-refractivity contribution is -0.118. The van der Waals surface area contributed by atoms with Crippen molar-refractivity contribution in [1.82, 2.24) is 20.2 Å². The lowest BCUT2D eigenvalue weighted by atomic mass is 10.0. The van der Waals surface area contributed by atoms with Gasteiger partial charge in [0.15, 0.2) is 11.0 Å². The first kappa shape index (κ1) is 25.6. The van der Waals surface area contributed by atoms with E-state index in [1.54, 1.807) is 0 Å². The number of benzene rings is 4. The summed E-state index contributed by atoms with van der Waals surface area (Å²) in [5.41, 5.74) is 8.48. The summed E-state index contributed by atoms with van der Waals surface area (Å²) in [6.07, 6.45) is 0. The Morgan fingerprint density at radius 3 is 2.11 bits per heavy atom. The van der Waals surface area contributed by atoms with Crippen LogP contribution < -0.4 is 5.43 Å². The normalized spacial score (nSPS) is 11.4. The molecule has 188 valence electrons. The van der Waals surface area contributed by atoms with Gasteiger partial charge in [0.25, 0.3) is 5.91 Å². The molecule has 1 N–H and O–H groups in total. The molecule has 1 amide bonds. The number of hydrogen-bond acceptors (Lipinski definition) is 5. The Bertz CT molecular complexity index is 1550. The second kappa shape index (κ2) is 12.0. The van der Waals surface area contributed by atoms with Gasteiger partial charge in [-0.05, 0) is 47.9 Å². The van der Waals surface area contributed by atoms with Gasteiger partial charge in [0.1, 0.15) is 0 Å². The summed E-state index contributed by atoms with van der Waals surface area (Å²) in [6.45, 7) is 1.88. The summed E-state index contributed by atoms with van der Waals surface area (Å²) >= 11 is 4.79. The minimum Gasteiger partial charge on any atom is -0.272 e. The molecule has 0 saturated carbocycles. The van der Waals surface area contributed by atoms with Crippen LogP contribution in [0.1, 0.15) is 12.5 Å². The van der Waals surface area contributed by atoms with E-state index in [1.807, 2.05) is 96.4 Å². The van der Waals surface area contributed by atoms with Gasteiger partial charge in [0.2, 0.25) is 0 Å². The molecule has 38 heavy (non-hydrogen) atoms. The predicted molar refractivity (Wildman–Crippen MR) is 157 cm³/mol. The van der Waals surface area contributed by atoms with Crippen molar-refractivity contribution < 1.29 is 4.79 Å². The van der Waals surface area contributed by atoms with Crippen molar-refractivity contribution in [3.8, 4) is 28.2 Å². The average molecular weight is 583 g/mol. The molecule has 0 atom stereocenters. The SMILES string of the molecule is C/C(=N/NC(=O)CSc1nnc(-c2ccc(Br)cc2)n1-c1ccccc1)c1ccc(-c2ccccc2)cc1. The van der Waals surface area contributed by atoms with E-state index >= 15 is 0 Å². The Morgan fingerprint density at radius 1 is 0.816 bits per heavy atom. The second-order valence-electron chi connectivity index (χ2n) is 8.45. The second-order valence-corrected chi connectivity index (χ2v) is 10.3. The number of aromatic nitrogens is 3. The van der Waals surface area contributed by atoms with Gasteiger partial charge < -0.3 is 0 Å². The van der Waals surface area contributed by atoms with Gasteiger partial charge in [-0.3, -0.25) is 9.36 Å². The molecule has 5 aromatic rings. The molecule has 0 bridgehead atoms. The standard InChI is InChI=1S/C30H24BrN5OS/c1-21(22-12-14-24(15-13-22)23-8-4-2-5-9-23)32-33-28(37)20-38-30-35-34-29(25-16-18-26(31)19-17-25)36(30)27-10-6-3-7-11-27/h2-19H,20H2,1H3,(H,33,37)/b32-21-. The molecular formula is C30H24BrN5OS. The van der Waals surface area contributed by atoms with Crippen LogP contribution in [0.4, 0.5) is 0 Å². The number of para-hydroxylation sites is 1. The molecule has 0 aliphatic rings. The fourth-order valence-corrected chi connectivity index (χ4v) is 4.88. The molecule has 0 unspecified atom stereocenters. The van der Waals surface area contributed by atoms with Gasteiger partial charge in [0.05, 0.1) is 11.5 Å². The smallest absolute Gasteiger partial charge is 0.250 e. The first-order valence-electron chi connectivity index (χ1n) is 12.0. The van der Waals surface area contributed by atoms with Crippen LogP contribution in [-0.2, 0) is 4.79 Å². The summed E-state index contributed by atoms with van der Waals surface area (Å²) < 4.78 is 2.95. The van der Waals surface area contributed by atoms with E-state index in [2.05, 4.69) is 60.9 Å². The third-order valence-electron chi connectivity index (χ3n) is 5.84. The monoisotopic (exact) mass is 581 g/mol. The van der Waals surface area contributed by atoms with E-state index in [0.717, 1.165) is 38.1 Å². The zero-order valence-electron chi connectivity index (χ0n) is 20.6. The third kappa shape index (κ3) is 6.10. The van der Waals surface area contributed by atoms with Crippen molar-refractivity contribution in [3.05, 3.63) is 119 Å². The van der Waals surface area contributed by atoms with Crippen LogP contribution in [-0.4, -0.2) is 32.1 Å². The van der Waals surface area contributed by atoms with E-state index in [9.17, 15) is 4.79 Å². The predicted octanol–water partition coefficient (Wildman–Crippen LogP) is 7.00. The summed E-state index contributed by atoms with van der Waals surface area (Å²) in [7, 11) is 0. The van der Waals surface area contributed by atoms with Gasteiger partial charge in [-0.1, -0.05) is 113 Å². The van der Waals surface area contributed by atoms with Crippen molar-refractivity contribution in [3.63, 3.8) is 0 Å². The van der Waals surface area contributed by atoms with Crippen molar-refractivity contribution in [2.75, 3.05) is 5.75 Å². The van der Waals surface area contributed by atoms with Crippen LogP contribution in [0.5, 0.6) is 0 Å². The van der Waals surface area contributed by atoms with E-state index in [0.29, 0.717) is 11.0 Å². The molecule has 1 aromatic heterocycles. The van der Waals surface area contributed by atoms with Crippen molar-refractivity contribution in [1.29, 1.82) is 0 Å². The number of nitrogens with one attached hydrogen (secondary N) is 1. The average Bonchev–Trinajstić information content (AvgIpc) is 3.40. The number of carbonyl (C=O) groups excluding carboxylic acids is 1. The van der Waals surface area contributed by atoms with Crippen LogP contribution >= 0.6 is 27.7 Å². The zero-order chi connectivity index (χ0) is 26.3. The topological polar surface area (TPSA) is 72.2 Å². The van der Waals surface area contributed by atoms with E-state index < -0.39 is 0 Å². The summed E-state index contributed by atoms with van der Waals surface area (Å²) in [6, 6.07) is 36.1. The first-order chi connectivity index (χ1) is 18.6. The Labute approximate surface area is 234 Å². The van der Waals surface area contributed by atoms with Gasteiger partial charge >= 0.3 is 0 Å². The number of nitrogens with zero attached hydrogens (tertiary/aromatic N) is 4. The molecule has 8 heteroatoms. The van der Waals surface area contributed by atoms with E-state index in [1.165, 1.54) is 11.8 Å². The van der Waals surface area contributed by atoms with E-state index in [4.69, 9.17) is 0 Å². The maximum absolute atomic E-state index is 12.7. The Morgan fingerprint density at radius 2 is 1.42 bits per heavy atom. The molecule has 0 aliphatic carbocycles. The number of hydrogen-bond donors (Lipinski definition) is 1. The van der Waals surface area contributed by atoms with Crippen molar-refractivity contribution in [2.24, 2.45) is 5.10 Å². The van der Waals surface area contributed by atoms with Gasteiger partial charge in [-0.25, -0.2) is 5.43 Å².